The lowest BCUT2D eigenvalue weighted by Gasteiger charge is -2.19. The molecule has 0 bridgehead atoms. The molecule has 21 heteroatoms. The van der Waals surface area contributed by atoms with Gasteiger partial charge in [0, 0.05) is 23.6 Å². The summed E-state index contributed by atoms with van der Waals surface area (Å²) in [6, 6.07) is 22.7. The molecule has 0 saturated carbocycles. The van der Waals surface area contributed by atoms with E-state index in [1.807, 2.05) is 86.6 Å². The Kier molecular flexibility index (Phi) is 17.0. The molecule has 0 aliphatic carbocycles. The quantitative estimate of drug-likeness (QED) is 0.0549. The van der Waals surface area contributed by atoms with Gasteiger partial charge >= 0.3 is 5.69 Å². The number of rotatable bonds is 8. The van der Waals surface area contributed by atoms with Crippen LogP contribution in [0.2, 0.25) is 10.3 Å². The summed E-state index contributed by atoms with van der Waals surface area (Å²) in [5.74, 6) is 0.670. The maximum absolute atomic E-state index is 9.64. The number of imidazole rings is 2. The molecule has 8 aromatic rings. The van der Waals surface area contributed by atoms with E-state index in [0.717, 1.165) is 34.3 Å². The molecule has 17 nitrogen and oxygen atoms in total. The Bertz CT molecular complexity index is 2870. The van der Waals surface area contributed by atoms with Gasteiger partial charge in [0.1, 0.15) is 18.0 Å². The van der Waals surface area contributed by atoms with Crippen molar-refractivity contribution >= 4 is 96.1 Å². The van der Waals surface area contributed by atoms with Crippen LogP contribution in [-0.2, 0) is 0 Å². The highest BCUT2D eigenvalue weighted by Gasteiger charge is 2.24. The first-order valence-electron chi connectivity index (χ1n) is 18.5. The number of nitrogens with one attached hydrogen (secondary N) is 2. The number of anilines is 4. The van der Waals surface area contributed by atoms with E-state index in [1.165, 1.54) is 12.5 Å². The number of fused-ring (bicyclic) bond motifs is 2. The molecule has 320 valence electrons. The summed E-state index contributed by atoms with van der Waals surface area (Å²) >= 11 is 12.4. The van der Waals surface area contributed by atoms with E-state index < -0.39 is 0 Å². The van der Waals surface area contributed by atoms with Crippen molar-refractivity contribution in [1.29, 1.82) is 0 Å². The van der Waals surface area contributed by atoms with E-state index in [9.17, 15) is 5.21 Å². The fourth-order valence-electron chi connectivity index (χ4n) is 5.96. The lowest BCUT2D eigenvalue weighted by atomic mass is 10.0. The largest absolute Gasteiger partial charge is 0.392 e. The lowest BCUT2D eigenvalue weighted by Crippen LogP contribution is -2.34. The topological polar surface area (TPSA) is 208 Å². The first-order valence-corrected chi connectivity index (χ1v) is 18.5. The first kappa shape index (κ1) is 47.8. The van der Waals surface area contributed by atoms with E-state index in [-0.39, 0.29) is 75.3 Å². The lowest BCUT2D eigenvalue weighted by molar-refractivity contribution is -0.894. The third-order valence-corrected chi connectivity index (χ3v) is 9.29. The predicted octanol–water partition coefficient (Wildman–Crippen LogP) is 9.31. The second-order valence-corrected chi connectivity index (χ2v) is 13.2. The monoisotopic (exact) mass is 912 g/mol. The van der Waals surface area contributed by atoms with E-state index >= 15 is 0 Å². The number of hydrogen-bond acceptors (Lipinski definition) is 12. The second-order valence-electron chi connectivity index (χ2n) is 12.4. The fourth-order valence-corrected chi connectivity index (χ4v) is 6.30. The number of nitrogens with two attached hydrogens (primary N) is 2. The van der Waals surface area contributed by atoms with Crippen molar-refractivity contribution in [3.05, 3.63) is 142 Å². The van der Waals surface area contributed by atoms with Crippen LogP contribution in [0.4, 0.5) is 34.6 Å². The molecule has 0 radical (unpaired) electrons. The van der Waals surface area contributed by atoms with Crippen molar-refractivity contribution in [1.82, 2.24) is 44.1 Å². The average molecular weight is 914 g/mol. The third-order valence-electron chi connectivity index (χ3n) is 8.78. The minimum atomic E-state index is -0.305. The molecule has 2 atom stereocenters. The number of hydrogen-bond donors (Lipinski definition) is 5. The van der Waals surface area contributed by atoms with E-state index in [0.29, 0.717) is 44.7 Å². The fraction of sp³-hybridized carbons (Fsp3) is 0.171. The van der Waals surface area contributed by atoms with Crippen molar-refractivity contribution in [2.75, 3.05) is 22.1 Å². The molecule has 0 unspecified atom stereocenters. The number of benzene rings is 2. The highest BCUT2D eigenvalue weighted by molar-refractivity contribution is 7.59. The van der Waals surface area contributed by atoms with Gasteiger partial charge in [-0.3, -0.25) is 0 Å². The van der Waals surface area contributed by atoms with Gasteiger partial charge in [0.25, 0.3) is 17.8 Å². The Morgan fingerprint density at radius 1 is 0.742 bits per heavy atom. The maximum atomic E-state index is 9.64. The third kappa shape index (κ3) is 10.3. The Balaban J connectivity index is 0.000000302. The minimum absolute atomic E-state index is 0. The van der Waals surface area contributed by atoms with Crippen LogP contribution >= 0.6 is 50.2 Å². The molecule has 6 aromatic heterocycles. The zero-order valence-corrected chi connectivity index (χ0v) is 36.3. The van der Waals surface area contributed by atoms with Crippen molar-refractivity contribution in [3.63, 3.8) is 0 Å². The van der Waals surface area contributed by atoms with Gasteiger partial charge in [-0.15, -0.1) is 4.98 Å². The number of aromatic nitrogens is 10. The highest BCUT2D eigenvalue weighted by atomic mass is 35.5. The molecule has 0 aliphatic heterocycles. The average Bonchev–Trinajstić information content (AvgIpc) is 3.82. The number of nitrogen functional groups attached to an aromatic ring is 2. The summed E-state index contributed by atoms with van der Waals surface area (Å²) in [4.78, 5) is 27.5. The predicted molar refractivity (Wildman–Crippen MR) is 255 cm³/mol. The molecule has 8 rings (SSSR count). The number of halogens is 2. The molecule has 6 heterocycles. The minimum Gasteiger partial charge on any atom is -0.392 e. The first-order chi connectivity index (χ1) is 29.0. The second kappa shape index (κ2) is 22.1. The molecule has 0 aliphatic rings. The van der Waals surface area contributed by atoms with Crippen LogP contribution in [0.25, 0.3) is 43.5 Å². The molecule has 2 aromatic carbocycles. The van der Waals surface area contributed by atoms with Crippen LogP contribution in [0.5, 0.6) is 0 Å². The van der Waals surface area contributed by atoms with Crippen LogP contribution < -0.4 is 26.8 Å². The Morgan fingerprint density at radius 3 is 1.61 bits per heavy atom. The van der Waals surface area contributed by atoms with Crippen LogP contribution in [0.1, 0.15) is 59.7 Å². The number of nitrogens with zero attached hydrogens (tertiary/aromatic N) is 12. The van der Waals surface area contributed by atoms with Crippen molar-refractivity contribution in [2.24, 2.45) is 0 Å². The summed E-state index contributed by atoms with van der Waals surface area (Å²) in [6.45, 7) is 20.9. The molecular formula is C41H45Cl2N16OS2+. The van der Waals surface area contributed by atoms with Gasteiger partial charge in [-0.25, -0.2) is 38.7 Å². The standard InChI is InChI=1S/C19H15ClN8O.C19H15ClN8.C2H6.CH4.2H2S/c1-11(25-19-17(22-2)18(21)27(29)10-24-19)13-8-15-23-9-14(20)28(15)26-16(13)12-6-4-3-5-7-12;1-11(26-19-17(22-2)18(21)24-10-25-19)13-8-15-23-9-14(20)28(15)27-16(13)12-6-4-3-5-7-12;1-2;;;/h3-11,29H,1H3,(H2,21,25);3-11H,1H3,(H3,21,24,25,26);1-2H3;1H4;2*1H2/p+1/t2*11-;;;;/m00..../s1/i;;1D;;;. The molecule has 0 amide bonds. The van der Waals surface area contributed by atoms with Crippen LogP contribution in [-0.4, -0.2) is 49.4 Å². The molecule has 7 N–H and O–H groups in total. The molecule has 0 fully saturated rings. The Labute approximate surface area is 383 Å². The van der Waals surface area contributed by atoms with Gasteiger partial charge in [0.2, 0.25) is 5.82 Å². The van der Waals surface area contributed by atoms with Gasteiger partial charge in [-0.1, -0.05) is 110 Å². The van der Waals surface area contributed by atoms with Crippen molar-refractivity contribution < 1.29 is 11.3 Å². The molecule has 0 spiro atoms. The molecule has 0 saturated heterocycles. The van der Waals surface area contributed by atoms with Gasteiger partial charge < -0.3 is 27.3 Å². The van der Waals surface area contributed by atoms with Crippen LogP contribution in [0.3, 0.4) is 0 Å². The van der Waals surface area contributed by atoms with Crippen LogP contribution in [0, 0.1) is 13.1 Å². The van der Waals surface area contributed by atoms with Gasteiger partial charge in [0.05, 0.1) is 49.0 Å². The normalized spacial score (nSPS) is 11.2. The van der Waals surface area contributed by atoms with Gasteiger partial charge in [-0.2, -0.15) is 37.2 Å². The van der Waals surface area contributed by atoms with E-state index in [4.69, 9.17) is 54.3 Å². The zero-order chi connectivity index (χ0) is 42.9. The smallest absolute Gasteiger partial charge is 0.318 e. The van der Waals surface area contributed by atoms with E-state index in [2.05, 4.69) is 50.3 Å². The Hall–Kier alpha value is -6.90. The van der Waals surface area contributed by atoms with Gasteiger partial charge in [-0.05, 0) is 26.0 Å². The van der Waals surface area contributed by atoms with Crippen LogP contribution in [0.15, 0.2) is 97.8 Å². The summed E-state index contributed by atoms with van der Waals surface area (Å²) in [5, 5.41) is 26.3. The maximum Gasteiger partial charge on any atom is 0.318 e. The van der Waals surface area contributed by atoms with E-state index in [1.54, 1.807) is 22.2 Å². The summed E-state index contributed by atoms with van der Waals surface area (Å²) in [5.41, 5.74) is 18.0. The SMILES string of the molecule is C.S.S.[2H]CC.[C-]#[N+]c1c(N)ncnc1N[C@@H](C)c1cc2ncc(Cl)n2nc1-c1ccccc1.[C-]#[N+]c1c(N[C@@H](C)c2cc3ncc(Cl)n3nc2-c2ccccc2)nc[n+](O)c1N. The summed E-state index contributed by atoms with van der Waals surface area (Å²) in [7, 11) is 0. The summed E-state index contributed by atoms with van der Waals surface area (Å²) < 4.78 is 9.98. The highest BCUT2D eigenvalue weighted by Crippen LogP contribution is 2.35. The molecule has 62 heavy (non-hydrogen) atoms. The molecular weight excluding hydrogens is 868 g/mol. The van der Waals surface area contributed by atoms with Crippen molar-refractivity contribution in [2.45, 2.75) is 47.2 Å². The zero-order valence-electron chi connectivity index (χ0n) is 33.8. The van der Waals surface area contributed by atoms with Crippen molar-refractivity contribution in [3.8, 4) is 22.5 Å². The summed E-state index contributed by atoms with van der Waals surface area (Å²) in [6.07, 6.45) is 5.56. The Morgan fingerprint density at radius 2 is 1.18 bits per heavy atom. The van der Waals surface area contributed by atoms with Gasteiger partial charge in [0.15, 0.2) is 21.6 Å².